The average molecular weight is 326 g/mol. The maximum atomic E-state index is 12.3. The minimum atomic E-state index is -0.850. The molecule has 0 unspecified atom stereocenters. The van der Waals surface area contributed by atoms with Gasteiger partial charge < -0.3 is 9.52 Å². The van der Waals surface area contributed by atoms with Gasteiger partial charge in [0.2, 0.25) is 0 Å². The second-order valence-electron chi connectivity index (χ2n) is 5.00. The molecule has 0 bridgehead atoms. The Morgan fingerprint density at radius 3 is 2.58 bits per heavy atom. The van der Waals surface area contributed by atoms with Gasteiger partial charge in [0.05, 0.1) is 16.3 Å². The van der Waals surface area contributed by atoms with E-state index in [9.17, 15) is 19.6 Å². The van der Waals surface area contributed by atoms with Gasteiger partial charge >= 0.3 is 5.63 Å². The Hall–Kier alpha value is -3.52. The normalized spacial score (nSPS) is 16.2. The molecule has 0 amide bonds. The Morgan fingerprint density at radius 1 is 1.21 bits per heavy atom. The van der Waals surface area contributed by atoms with Crippen LogP contribution >= 0.6 is 0 Å². The van der Waals surface area contributed by atoms with Gasteiger partial charge in [0, 0.05) is 23.8 Å². The number of carbonyl (C=O) groups excluding carboxylic acids is 1. The number of phenols is 1. The molecule has 8 heteroatoms. The Balaban J connectivity index is 2.49. The standard InChI is InChI=1S/C16H10N2O6/c1-7-14(10-3-2-8(17-22)4-12(10)20)16(21)24-13-6-9(19)5-11(18-23)15(7)13/h2-6,17,19,22H,1H2. The van der Waals surface area contributed by atoms with Gasteiger partial charge in [0.15, 0.2) is 5.78 Å². The fraction of sp³-hybridized carbons (Fsp3) is 0. The van der Waals surface area contributed by atoms with Crippen LogP contribution in [0, 0.1) is 4.91 Å². The zero-order valence-electron chi connectivity index (χ0n) is 12.1. The molecule has 0 aliphatic heterocycles. The molecule has 120 valence electrons. The Labute approximate surface area is 133 Å². The van der Waals surface area contributed by atoms with Crippen LogP contribution < -0.4 is 21.5 Å². The van der Waals surface area contributed by atoms with Gasteiger partial charge in [-0.05, 0) is 22.5 Å². The molecule has 3 N–H and O–H groups in total. The van der Waals surface area contributed by atoms with Crippen molar-refractivity contribution in [3.8, 4) is 5.75 Å². The third-order valence-corrected chi connectivity index (χ3v) is 3.55. The van der Waals surface area contributed by atoms with Gasteiger partial charge in [0.25, 0.3) is 0 Å². The Morgan fingerprint density at radius 2 is 1.96 bits per heavy atom. The molecular weight excluding hydrogens is 316 g/mol. The first kappa shape index (κ1) is 15.4. The lowest BCUT2D eigenvalue weighted by Crippen LogP contribution is -2.41. The van der Waals surface area contributed by atoms with Crippen LogP contribution in [0.3, 0.4) is 0 Å². The van der Waals surface area contributed by atoms with E-state index >= 15 is 0 Å². The van der Waals surface area contributed by atoms with Crippen LogP contribution in [0.4, 0.5) is 5.69 Å². The van der Waals surface area contributed by atoms with E-state index in [1.54, 1.807) is 0 Å². The van der Waals surface area contributed by atoms with Crippen LogP contribution in [0.15, 0.2) is 50.4 Å². The number of hydrogen-bond donors (Lipinski definition) is 3. The first-order valence-corrected chi connectivity index (χ1v) is 6.67. The molecule has 0 spiro atoms. The molecule has 2 aromatic rings. The van der Waals surface area contributed by atoms with Crippen LogP contribution in [0.1, 0.15) is 0 Å². The minimum Gasteiger partial charge on any atom is -0.508 e. The highest BCUT2D eigenvalue weighted by Gasteiger charge is 2.17. The molecule has 1 heterocycles. The van der Waals surface area contributed by atoms with Crippen molar-refractivity contribution in [1.82, 2.24) is 5.48 Å². The molecule has 0 saturated heterocycles. The first-order valence-electron chi connectivity index (χ1n) is 6.67. The van der Waals surface area contributed by atoms with Gasteiger partial charge in [-0.3, -0.25) is 15.5 Å². The summed E-state index contributed by atoms with van der Waals surface area (Å²) >= 11 is 0. The van der Waals surface area contributed by atoms with Crippen LogP contribution in [0.5, 0.6) is 5.75 Å². The lowest BCUT2D eigenvalue weighted by atomic mass is 10.0. The molecule has 1 aliphatic carbocycles. The van der Waals surface area contributed by atoms with Crippen LogP contribution in [0.2, 0.25) is 0 Å². The summed E-state index contributed by atoms with van der Waals surface area (Å²) in [5.74, 6) is -0.847. The van der Waals surface area contributed by atoms with Crippen molar-refractivity contribution in [1.29, 1.82) is 0 Å². The van der Waals surface area contributed by atoms with Gasteiger partial charge in [-0.25, -0.2) is 4.79 Å². The molecule has 1 aromatic carbocycles. The van der Waals surface area contributed by atoms with Gasteiger partial charge in [-0.1, -0.05) is 6.58 Å². The zero-order chi connectivity index (χ0) is 17.4. The summed E-state index contributed by atoms with van der Waals surface area (Å²) in [4.78, 5) is 35.4. The van der Waals surface area contributed by atoms with Crippen molar-refractivity contribution >= 4 is 34.6 Å². The third kappa shape index (κ3) is 2.31. The highest BCUT2D eigenvalue weighted by molar-refractivity contribution is 6.25. The number of nitrogens with one attached hydrogen (secondary N) is 1. The lowest BCUT2D eigenvalue weighted by Gasteiger charge is -2.08. The minimum absolute atomic E-state index is 0.000394. The summed E-state index contributed by atoms with van der Waals surface area (Å²) in [5.41, 5.74) is 0.899. The summed E-state index contributed by atoms with van der Waals surface area (Å²) < 4.78 is 5.10. The predicted molar refractivity (Wildman–Crippen MR) is 84.9 cm³/mol. The van der Waals surface area contributed by atoms with Crippen molar-refractivity contribution < 1.29 is 19.5 Å². The summed E-state index contributed by atoms with van der Waals surface area (Å²) in [6.07, 6.45) is 3.80. The maximum Gasteiger partial charge on any atom is 0.344 e. The van der Waals surface area contributed by atoms with Crippen molar-refractivity contribution in [2.75, 3.05) is 0 Å². The monoisotopic (exact) mass is 326 g/mol. The topological polar surface area (TPSA) is 129 Å². The van der Waals surface area contributed by atoms with E-state index in [1.165, 1.54) is 12.2 Å². The predicted octanol–water partition coefficient (Wildman–Crippen LogP) is 0.459. The average Bonchev–Trinajstić information content (AvgIpc) is 2.54. The quantitative estimate of drug-likeness (QED) is 0.415. The molecule has 1 aromatic heterocycles. The fourth-order valence-electron chi connectivity index (χ4n) is 2.51. The van der Waals surface area contributed by atoms with E-state index in [0.29, 0.717) is 0 Å². The largest absolute Gasteiger partial charge is 0.508 e. The number of hydroxylamine groups is 1. The number of nitrogens with zero attached hydrogens (tertiary/aromatic N) is 1. The molecular formula is C16H10N2O6. The number of rotatable bonds is 2. The third-order valence-electron chi connectivity index (χ3n) is 3.55. The number of nitroso groups, excluding NO2 is 1. The molecule has 8 nitrogen and oxygen atoms in total. The number of carbonyl (C=O) groups is 1. The van der Waals surface area contributed by atoms with Crippen molar-refractivity contribution in [2.24, 2.45) is 5.18 Å². The highest BCUT2D eigenvalue weighted by Crippen LogP contribution is 2.27. The summed E-state index contributed by atoms with van der Waals surface area (Å²) in [6, 6.07) is 2.26. The van der Waals surface area contributed by atoms with Gasteiger partial charge in [-0.15, -0.1) is 4.91 Å². The highest BCUT2D eigenvalue weighted by atomic mass is 16.5. The van der Waals surface area contributed by atoms with E-state index in [2.05, 4.69) is 11.8 Å². The molecule has 0 radical (unpaired) electrons. The van der Waals surface area contributed by atoms with Gasteiger partial charge in [-0.2, -0.15) is 0 Å². The lowest BCUT2D eigenvalue weighted by molar-refractivity contribution is -0.109. The van der Waals surface area contributed by atoms with E-state index in [4.69, 9.17) is 9.62 Å². The van der Waals surface area contributed by atoms with Crippen molar-refractivity contribution in [3.63, 3.8) is 0 Å². The number of ketones is 1. The summed E-state index contributed by atoms with van der Waals surface area (Å²) in [6.45, 7) is 3.76. The zero-order valence-corrected chi connectivity index (χ0v) is 12.1. The number of aromatic hydroxyl groups is 1. The number of phenolic OH excluding ortho intramolecular Hbond substituents is 1. The van der Waals surface area contributed by atoms with E-state index in [0.717, 1.165) is 18.2 Å². The van der Waals surface area contributed by atoms with Crippen LogP contribution in [0.25, 0.3) is 23.1 Å². The summed E-state index contributed by atoms with van der Waals surface area (Å²) in [7, 11) is 0. The second-order valence-corrected chi connectivity index (χ2v) is 5.00. The van der Waals surface area contributed by atoms with Crippen LogP contribution in [-0.2, 0) is 4.79 Å². The Bertz CT molecular complexity index is 1120. The molecule has 0 atom stereocenters. The second kappa shape index (κ2) is 5.60. The molecule has 0 fully saturated rings. The van der Waals surface area contributed by atoms with Crippen molar-refractivity contribution in [2.45, 2.75) is 0 Å². The van der Waals surface area contributed by atoms with Gasteiger partial charge in [0.1, 0.15) is 17.0 Å². The number of hydrogen-bond acceptors (Lipinski definition) is 8. The molecule has 0 saturated carbocycles. The SMILES string of the molecule is C=c1c(=C2C=CC(NO)=CC2=O)c(=O)oc2cc(O)cc(N=O)c12. The van der Waals surface area contributed by atoms with E-state index in [-0.39, 0.29) is 44.1 Å². The van der Waals surface area contributed by atoms with Crippen LogP contribution in [-0.4, -0.2) is 16.1 Å². The summed E-state index contributed by atoms with van der Waals surface area (Å²) in [5, 5.41) is 21.3. The van der Waals surface area contributed by atoms with Crippen molar-refractivity contribution in [3.05, 3.63) is 61.8 Å². The fourth-order valence-corrected chi connectivity index (χ4v) is 2.51. The Kier molecular flexibility index (Phi) is 3.59. The smallest absolute Gasteiger partial charge is 0.344 e. The molecule has 1 aliphatic rings. The number of fused-ring (bicyclic) bond motifs is 1. The van der Waals surface area contributed by atoms with E-state index in [1.807, 2.05) is 5.48 Å². The maximum absolute atomic E-state index is 12.3. The molecule has 24 heavy (non-hydrogen) atoms. The first-order chi connectivity index (χ1) is 11.5. The molecule has 3 rings (SSSR count). The number of benzene rings is 1. The van der Waals surface area contributed by atoms with E-state index < -0.39 is 11.4 Å². The number of allylic oxidation sites excluding steroid dienone is 3.